The van der Waals surface area contributed by atoms with Gasteiger partial charge in [0.05, 0.1) is 24.2 Å². The summed E-state index contributed by atoms with van der Waals surface area (Å²) in [5.74, 6) is -0.199. The number of hydrogen-bond acceptors (Lipinski definition) is 6. The molecule has 1 aromatic rings. The molecule has 0 aliphatic carbocycles. The van der Waals surface area contributed by atoms with Crippen LogP contribution in [0.25, 0.3) is 0 Å². The van der Waals surface area contributed by atoms with E-state index >= 15 is 0 Å². The van der Waals surface area contributed by atoms with Gasteiger partial charge < -0.3 is 15.0 Å². The van der Waals surface area contributed by atoms with Crippen molar-refractivity contribution in [2.24, 2.45) is 0 Å². The van der Waals surface area contributed by atoms with Crippen molar-refractivity contribution in [2.45, 2.75) is 18.9 Å². The van der Waals surface area contributed by atoms with Gasteiger partial charge in [0.2, 0.25) is 5.91 Å². The average Bonchev–Trinajstić information content (AvgIpc) is 2.92. The second-order valence-electron chi connectivity index (χ2n) is 5.90. The van der Waals surface area contributed by atoms with Crippen molar-refractivity contribution in [3.05, 3.63) is 29.8 Å². The van der Waals surface area contributed by atoms with Gasteiger partial charge in [-0.3, -0.25) is 4.79 Å². The van der Waals surface area contributed by atoms with Crippen LogP contribution in [0, 0.1) is 0 Å². The Hall–Kier alpha value is -1.93. The number of hydrogen-bond donors (Lipinski definition) is 1. The second-order valence-corrected chi connectivity index (χ2v) is 8.13. The maximum atomic E-state index is 12.0. The molecule has 2 rings (SSSR count). The SMILES string of the molecule is COC(=O)c1ccc(NC(=O)CCN(C)C2CCS(=O)(=O)C2)cc1. The molecular weight excluding hydrogens is 332 g/mol. The van der Waals surface area contributed by atoms with E-state index in [0.29, 0.717) is 24.2 Å². The molecule has 1 aliphatic rings. The Morgan fingerprint density at radius 2 is 1.96 bits per heavy atom. The number of amides is 1. The van der Waals surface area contributed by atoms with Gasteiger partial charge in [0.15, 0.2) is 9.84 Å². The first kappa shape index (κ1) is 18.4. The van der Waals surface area contributed by atoms with Gasteiger partial charge in [0, 0.05) is 24.7 Å². The van der Waals surface area contributed by atoms with Crippen molar-refractivity contribution >= 4 is 27.4 Å². The predicted molar refractivity (Wildman–Crippen MR) is 90.7 cm³/mol. The number of benzene rings is 1. The third-order valence-electron chi connectivity index (χ3n) is 4.11. The summed E-state index contributed by atoms with van der Waals surface area (Å²) >= 11 is 0. The van der Waals surface area contributed by atoms with E-state index in [9.17, 15) is 18.0 Å². The number of anilines is 1. The number of methoxy groups -OCH3 is 1. The van der Waals surface area contributed by atoms with Gasteiger partial charge in [-0.1, -0.05) is 0 Å². The number of nitrogens with zero attached hydrogens (tertiary/aromatic N) is 1. The summed E-state index contributed by atoms with van der Waals surface area (Å²) in [6.07, 6.45) is 0.890. The first-order chi connectivity index (χ1) is 11.3. The van der Waals surface area contributed by atoms with Crippen LogP contribution in [-0.4, -0.2) is 63.4 Å². The first-order valence-corrected chi connectivity index (χ1v) is 9.52. The van der Waals surface area contributed by atoms with Gasteiger partial charge in [0.1, 0.15) is 0 Å². The summed E-state index contributed by atoms with van der Waals surface area (Å²) in [6.45, 7) is 0.492. The average molecular weight is 354 g/mol. The molecule has 0 bridgehead atoms. The van der Waals surface area contributed by atoms with E-state index in [4.69, 9.17) is 0 Å². The Balaban J connectivity index is 1.80. The quantitative estimate of drug-likeness (QED) is 0.764. The molecule has 7 nitrogen and oxygen atoms in total. The van der Waals surface area contributed by atoms with Crippen LogP contribution in [0.3, 0.4) is 0 Å². The molecule has 0 saturated carbocycles. The minimum absolute atomic E-state index is 0.0119. The van der Waals surface area contributed by atoms with E-state index in [-0.39, 0.29) is 29.9 Å². The fraction of sp³-hybridized carbons (Fsp3) is 0.500. The molecule has 132 valence electrons. The van der Waals surface area contributed by atoms with Crippen LogP contribution in [0.5, 0.6) is 0 Å². The van der Waals surface area contributed by atoms with Crippen LogP contribution in [0.1, 0.15) is 23.2 Å². The number of ether oxygens (including phenoxy) is 1. The van der Waals surface area contributed by atoms with Crippen molar-refractivity contribution in [1.29, 1.82) is 0 Å². The van der Waals surface area contributed by atoms with Crippen molar-refractivity contribution in [3.63, 3.8) is 0 Å². The minimum atomic E-state index is -2.92. The molecular formula is C16H22N2O5S. The minimum Gasteiger partial charge on any atom is -0.465 e. The van der Waals surface area contributed by atoms with Crippen LogP contribution in [0.15, 0.2) is 24.3 Å². The molecule has 0 aromatic heterocycles. The number of rotatable bonds is 6. The van der Waals surface area contributed by atoms with E-state index in [1.165, 1.54) is 7.11 Å². The molecule has 1 aliphatic heterocycles. The summed E-state index contributed by atoms with van der Waals surface area (Å²) in [5, 5.41) is 2.75. The fourth-order valence-electron chi connectivity index (χ4n) is 2.61. The zero-order chi connectivity index (χ0) is 17.7. The zero-order valence-corrected chi connectivity index (χ0v) is 14.6. The van der Waals surface area contributed by atoms with Crippen LogP contribution < -0.4 is 5.32 Å². The first-order valence-electron chi connectivity index (χ1n) is 7.69. The summed E-state index contributed by atoms with van der Waals surface area (Å²) in [4.78, 5) is 25.2. The van der Waals surface area contributed by atoms with E-state index < -0.39 is 15.8 Å². The van der Waals surface area contributed by atoms with Crippen LogP contribution in [-0.2, 0) is 19.4 Å². The molecule has 1 aromatic carbocycles. The van der Waals surface area contributed by atoms with Gasteiger partial charge in [0.25, 0.3) is 0 Å². The summed E-state index contributed by atoms with van der Waals surface area (Å²) in [5.41, 5.74) is 1.01. The third-order valence-corrected chi connectivity index (χ3v) is 5.86. The monoisotopic (exact) mass is 354 g/mol. The van der Waals surface area contributed by atoms with Crippen molar-refractivity contribution < 1.29 is 22.7 Å². The smallest absolute Gasteiger partial charge is 0.337 e. The Kier molecular flexibility index (Phi) is 5.95. The standard InChI is InChI=1S/C16H22N2O5S/c1-18(14-8-10-24(21,22)11-14)9-7-15(19)17-13-5-3-12(4-6-13)16(20)23-2/h3-6,14H,7-11H2,1-2H3,(H,17,19). The number of esters is 1. The number of carbonyl (C=O) groups is 2. The molecule has 24 heavy (non-hydrogen) atoms. The van der Waals surface area contributed by atoms with E-state index in [1.54, 1.807) is 24.3 Å². The second kappa shape index (κ2) is 7.76. The maximum absolute atomic E-state index is 12.0. The lowest BCUT2D eigenvalue weighted by atomic mass is 10.2. The highest BCUT2D eigenvalue weighted by molar-refractivity contribution is 7.91. The lowest BCUT2D eigenvalue weighted by Crippen LogP contribution is -2.35. The molecule has 1 fully saturated rings. The van der Waals surface area contributed by atoms with Gasteiger partial charge in [-0.15, -0.1) is 0 Å². The summed E-state index contributed by atoms with van der Waals surface area (Å²) < 4.78 is 27.6. The summed E-state index contributed by atoms with van der Waals surface area (Å²) in [7, 11) is 0.226. The lowest BCUT2D eigenvalue weighted by Gasteiger charge is -2.22. The highest BCUT2D eigenvalue weighted by Crippen LogP contribution is 2.17. The number of sulfone groups is 1. The van der Waals surface area contributed by atoms with Crippen molar-refractivity contribution in [2.75, 3.05) is 37.5 Å². The van der Waals surface area contributed by atoms with E-state index in [0.717, 1.165) is 0 Å². The van der Waals surface area contributed by atoms with Crippen LogP contribution in [0.4, 0.5) is 5.69 Å². The topological polar surface area (TPSA) is 92.8 Å². The molecule has 1 amide bonds. The Morgan fingerprint density at radius 3 is 2.50 bits per heavy atom. The van der Waals surface area contributed by atoms with Crippen molar-refractivity contribution in [3.8, 4) is 0 Å². The molecule has 1 atom stereocenters. The third kappa shape index (κ3) is 5.04. The molecule has 1 heterocycles. The Morgan fingerprint density at radius 1 is 1.29 bits per heavy atom. The largest absolute Gasteiger partial charge is 0.465 e. The Bertz CT molecular complexity index is 700. The number of nitrogens with one attached hydrogen (secondary N) is 1. The van der Waals surface area contributed by atoms with Gasteiger partial charge in [-0.05, 0) is 37.7 Å². The number of carbonyl (C=O) groups excluding carboxylic acids is 2. The van der Waals surface area contributed by atoms with Gasteiger partial charge in [-0.25, -0.2) is 13.2 Å². The van der Waals surface area contributed by atoms with Crippen LogP contribution >= 0.6 is 0 Å². The highest BCUT2D eigenvalue weighted by atomic mass is 32.2. The predicted octanol–water partition coefficient (Wildman–Crippen LogP) is 0.921. The maximum Gasteiger partial charge on any atom is 0.337 e. The molecule has 1 unspecified atom stereocenters. The molecule has 1 N–H and O–H groups in total. The summed E-state index contributed by atoms with van der Waals surface area (Å²) in [6, 6.07) is 6.42. The van der Waals surface area contributed by atoms with Crippen molar-refractivity contribution in [1.82, 2.24) is 4.90 Å². The fourth-order valence-corrected chi connectivity index (χ4v) is 4.42. The van der Waals surface area contributed by atoms with Crippen LogP contribution in [0.2, 0.25) is 0 Å². The zero-order valence-electron chi connectivity index (χ0n) is 13.8. The Labute approximate surface area is 141 Å². The van der Waals surface area contributed by atoms with E-state index in [2.05, 4.69) is 10.1 Å². The van der Waals surface area contributed by atoms with Gasteiger partial charge in [-0.2, -0.15) is 0 Å². The molecule has 0 spiro atoms. The lowest BCUT2D eigenvalue weighted by molar-refractivity contribution is -0.116. The van der Waals surface area contributed by atoms with E-state index in [1.807, 2.05) is 11.9 Å². The molecule has 0 radical (unpaired) electrons. The normalized spacial score (nSPS) is 19.2. The molecule has 8 heteroatoms. The molecule has 1 saturated heterocycles. The highest BCUT2D eigenvalue weighted by Gasteiger charge is 2.30. The van der Waals surface area contributed by atoms with Gasteiger partial charge >= 0.3 is 5.97 Å².